The third-order valence-electron chi connectivity index (χ3n) is 3.49. The average Bonchev–Trinajstić information content (AvgIpc) is 2.36. The molecule has 0 spiro atoms. The first-order valence-electron chi connectivity index (χ1n) is 7.97. The molecular formula is C18H32N2. The highest BCUT2D eigenvalue weighted by atomic mass is 15.1. The second-order valence-electron chi connectivity index (χ2n) is 6.70. The molecule has 0 heterocycles. The molecule has 0 bridgehead atoms. The molecule has 0 aliphatic heterocycles. The fourth-order valence-electron chi connectivity index (χ4n) is 2.35. The second-order valence-corrected chi connectivity index (χ2v) is 6.70. The van der Waals surface area contributed by atoms with Crippen LogP contribution in [0.4, 0.5) is 5.69 Å². The third kappa shape index (κ3) is 5.54. The summed E-state index contributed by atoms with van der Waals surface area (Å²) in [6, 6.07) is 6.89. The molecule has 20 heavy (non-hydrogen) atoms. The Morgan fingerprint density at radius 1 is 1.05 bits per heavy atom. The van der Waals surface area contributed by atoms with E-state index in [2.05, 4.69) is 70.0 Å². The van der Waals surface area contributed by atoms with Crippen molar-refractivity contribution in [3.8, 4) is 0 Å². The van der Waals surface area contributed by atoms with E-state index >= 15 is 0 Å². The molecule has 1 rings (SSSR count). The van der Waals surface area contributed by atoms with E-state index in [1.807, 2.05) is 0 Å². The van der Waals surface area contributed by atoms with E-state index in [0.717, 1.165) is 19.6 Å². The van der Waals surface area contributed by atoms with Crippen LogP contribution in [0.2, 0.25) is 0 Å². The number of nitrogens with zero attached hydrogens (tertiary/aromatic N) is 1. The van der Waals surface area contributed by atoms with Crippen molar-refractivity contribution in [1.29, 1.82) is 0 Å². The molecule has 114 valence electrons. The summed E-state index contributed by atoms with van der Waals surface area (Å²) in [5.74, 6) is 0. The Morgan fingerprint density at radius 3 is 2.10 bits per heavy atom. The van der Waals surface area contributed by atoms with Gasteiger partial charge in [-0.05, 0) is 63.8 Å². The van der Waals surface area contributed by atoms with E-state index in [9.17, 15) is 0 Å². The maximum atomic E-state index is 3.56. The quantitative estimate of drug-likeness (QED) is 0.788. The Bertz CT molecular complexity index is 398. The summed E-state index contributed by atoms with van der Waals surface area (Å²) in [7, 11) is 0. The number of aryl methyl sites for hydroxylation is 1. The van der Waals surface area contributed by atoms with E-state index < -0.39 is 0 Å². The van der Waals surface area contributed by atoms with E-state index in [0.29, 0.717) is 0 Å². The van der Waals surface area contributed by atoms with Gasteiger partial charge in [-0.25, -0.2) is 0 Å². The summed E-state index contributed by atoms with van der Waals surface area (Å²) in [5.41, 5.74) is 4.32. The zero-order valence-electron chi connectivity index (χ0n) is 14.2. The van der Waals surface area contributed by atoms with Gasteiger partial charge in [0.15, 0.2) is 0 Å². The maximum absolute atomic E-state index is 3.56. The van der Waals surface area contributed by atoms with Crippen molar-refractivity contribution >= 4 is 5.69 Å². The van der Waals surface area contributed by atoms with Crippen LogP contribution in [0.25, 0.3) is 0 Å². The number of hydrogen-bond acceptors (Lipinski definition) is 2. The molecule has 0 unspecified atom stereocenters. The van der Waals surface area contributed by atoms with Gasteiger partial charge < -0.3 is 10.2 Å². The van der Waals surface area contributed by atoms with Gasteiger partial charge in [-0.1, -0.05) is 19.9 Å². The fraction of sp³-hybridized carbons (Fsp3) is 0.667. The molecule has 0 aromatic heterocycles. The van der Waals surface area contributed by atoms with Crippen molar-refractivity contribution in [2.75, 3.05) is 18.0 Å². The molecule has 1 N–H and O–H groups in total. The third-order valence-corrected chi connectivity index (χ3v) is 3.49. The van der Waals surface area contributed by atoms with Crippen LogP contribution < -0.4 is 10.2 Å². The smallest absolute Gasteiger partial charge is 0.0369 e. The fourth-order valence-corrected chi connectivity index (χ4v) is 2.35. The van der Waals surface area contributed by atoms with Crippen LogP contribution in [0.5, 0.6) is 0 Å². The number of anilines is 1. The Balaban J connectivity index is 2.80. The molecule has 0 atom stereocenters. The van der Waals surface area contributed by atoms with Gasteiger partial charge in [0, 0.05) is 30.9 Å². The average molecular weight is 276 g/mol. The monoisotopic (exact) mass is 276 g/mol. The highest BCUT2D eigenvalue weighted by molar-refractivity contribution is 5.50. The minimum Gasteiger partial charge on any atom is -0.372 e. The van der Waals surface area contributed by atoms with Crippen molar-refractivity contribution < 1.29 is 0 Å². The Hall–Kier alpha value is -1.02. The SMILES string of the molecule is CCCN(CCC)c1ccc(CNC(C)(C)C)c(C)c1. The summed E-state index contributed by atoms with van der Waals surface area (Å²) in [6.07, 6.45) is 2.40. The van der Waals surface area contributed by atoms with E-state index in [4.69, 9.17) is 0 Å². The van der Waals surface area contributed by atoms with Crippen molar-refractivity contribution in [1.82, 2.24) is 5.32 Å². The number of benzene rings is 1. The van der Waals surface area contributed by atoms with Gasteiger partial charge in [0.2, 0.25) is 0 Å². The number of rotatable bonds is 7. The second kappa shape index (κ2) is 7.68. The van der Waals surface area contributed by atoms with Crippen LogP contribution in [0.3, 0.4) is 0 Å². The summed E-state index contributed by atoms with van der Waals surface area (Å²) in [4.78, 5) is 2.49. The van der Waals surface area contributed by atoms with Crippen molar-refractivity contribution in [2.24, 2.45) is 0 Å². The molecule has 0 radical (unpaired) electrons. The summed E-state index contributed by atoms with van der Waals surface area (Å²) in [5, 5.41) is 3.56. The molecule has 2 nitrogen and oxygen atoms in total. The van der Waals surface area contributed by atoms with E-state index in [1.165, 1.54) is 29.7 Å². The lowest BCUT2D eigenvalue weighted by atomic mass is 10.0. The van der Waals surface area contributed by atoms with Crippen molar-refractivity contribution in [2.45, 2.75) is 66.5 Å². The first kappa shape index (κ1) is 17.0. The first-order chi connectivity index (χ1) is 9.37. The summed E-state index contributed by atoms with van der Waals surface area (Å²) in [6.45, 7) is 16.6. The summed E-state index contributed by atoms with van der Waals surface area (Å²) < 4.78 is 0. The zero-order chi connectivity index (χ0) is 15.2. The minimum atomic E-state index is 0.168. The molecule has 0 aliphatic carbocycles. The van der Waals surface area contributed by atoms with Gasteiger partial charge in [0.25, 0.3) is 0 Å². The predicted molar refractivity (Wildman–Crippen MR) is 90.6 cm³/mol. The largest absolute Gasteiger partial charge is 0.372 e. The van der Waals surface area contributed by atoms with Crippen molar-refractivity contribution in [3.05, 3.63) is 29.3 Å². The van der Waals surface area contributed by atoms with Gasteiger partial charge in [0.05, 0.1) is 0 Å². The molecule has 0 aliphatic rings. The van der Waals surface area contributed by atoms with Crippen LogP contribution >= 0.6 is 0 Å². The molecular weight excluding hydrogens is 244 g/mol. The molecule has 0 fully saturated rings. The van der Waals surface area contributed by atoms with Gasteiger partial charge >= 0.3 is 0 Å². The van der Waals surface area contributed by atoms with Crippen molar-refractivity contribution in [3.63, 3.8) is 0 Å². The molecule has 0 saturated carbocycles. The zero-order valence-corrected chi connectivity index (χ0v) is 14.2. The molecule has 1 aromatic rings. The lowest BCUT2D eigenvalue weighted by Gasteiger charge is -2.25. The van der Waals surface area contributed by atoms with Gasteiger partial charge in [-0.2, -0.15) is 0 Å². The lowest BCUT2D eigenvalue weighted by Crippen LogP contribution is -2.35. The molecule has 0 saturated heterocycles. The van der Waals surface area contributed by atoms with E-state index in [-0.39, 0.29) is 5.54 Å². The first-order valence-corrected chi connectivity index (χ1v) is 7.97. The maximum Gasteiger partial charge on any atom is 0.0369 e. The van der Waals surface area contributed by atoms with Gasteiger partial charge in [0.1, 0.15) is 0 Å². The van der Waals surface area contributed by atoms with Crippen LogP contribution in [-0.4, -0.2) is 18.6 Å². The Kier molecular flexibility index (Phi) is 6.54. The minimum absolute atomic E-state index is 0.168. The molecule has 1 aromatic carbocycles. The highest BCUT2D eigenvalue weighted by Crippen LogP contribution is 2.20. The molecule has 0 amide bonds. The Labute approximate surface area is 125 Å². The normalized spacial score (nSPS) is 11.7. The highest BCUT2D eigenvalue weighted by Gasteiger charge is 2.11. The summed E-state index contributed by atoms with van der Waals surface area (Å²) >= 11 is 0. The molecule has 2 heteroatoms. The number of nitrogens with one attached hydrogen (secondary N) is 1. The van der Waals surface area contributed by atoms with Gasteiger partial charge in [-0.3, -0.25) is 0 Å². The lowest BCUT2D eigenvalue weighted by molar-refractivity contribution is 0.424. The standard InChI is InChI=1S/C18H32N2/c1-7-11-20(12-8-2)17-10-9-16(15(3)13-17)14-19-18(4,5)6/h9-10,13,19H,7-8,11-12,14H2,1-6H3. The van der Waals surface area contributed by atoms with Gasteiger partial charge in [-0.15, -0.1) is 0 Å². The Morgan fingerprint density at radius 2 is 1.65 bits per heavy atom. The van der Waals surface area contributed by atoms with Crippen LogP contribution in [0.1, 0.15) is 58.6 Å². The predicted octanol–water partition coefficient (Wildman–Crippen LogP) is 4.51. The van der Waals surface area contributed by atoms with Crippen LogP contribution in [0.15, 0.2) is 18.2 Å². The van der Waals surface area contributed by atoms with E-state index in [1.54, 1.807) is 0 Å². The van der Waals surface area contributed by atoms with Crippen LogP contribution in [0, 0.1) is 6.92 Å². The number of hydrogen-bond donors (Lipinski definition) is 1. The topological polar surface area (TPSA) is 15.3 Å². The van der Waals surface area contributed by atoms with Crippen LogP contribution in [-0.2, 0) is 6.54 Å².